The summed E-state index contributed by atoms with van der Waals surface area (Å²) in [6, 6.07) is 7.45. The first-order valence-electron chi connectivity index (χ1n) is 8.76. The normalized spacial score (nSPS) is 16.7. The van der Waals surface area contributed by atoms with Crippen LogP contribution in [-0.2, 0) is 16.0 Å². The third-order valence-corrected chi connectivity index (χ3v) is 5.74. The second-order valence-corrected chi connectivity index (χ2v) is 7.52. The van der Waals surface area contributed by atoms with Crippen LogP contribution in [0.1, 0.15) is 29.3 Å². The number of nitriles is 1. The van der Waals surface area contributed by atoms with Crippen LogP contribution in [0.15, 0.2) is 24.4 Å². The number of thioether (sulfide) groups is 1. The number of carbonyl (C=O) groups excluding carboxylic acids is 3. The molecule has 0 bridgehead atoms. The Hall–Kier alpha value is -2.79. The fraction of sp³-hybridized carbons (Fsp3) is 0.368. The lowest BCUT2D eigenvalue weighted by Gasteiger charge is -2.12. The summed E-state index contributed by atoms with van der Waals surface area (Å²) in [7, 11) is 0. The van der Waals surface area contributed by atoms with Crippen LogP contribution in [0.25, 0.3) is 10.9 Å². The molecule has 3 rings (SSSR count). The zero-order valence-electron chi connectivity index (χ0n) is 14.9. The van der Waals surface area contributed by atoms with Gasteiger partial charge in [0.05, 0.1) is 17.7 Å². The van der Waals surface area contributed by atoms with Crippen molar-refractivity contribution in [2.75, 3.05) is 18.8 Å². The van der Waals surface area contributed by atoms with Crippen LogP contribution < -0.4 is 5.32 Å². The van der Waals surface area contributed by atoms with Gasteiger partial charge in [-0.15, -0.1) is 11.8 Å². The molecule has 1 aliphatic heterocycles. The van der Waals surface area contributed by atoms with Crippen LogP contribution in [0.2, 0.25) is 0 Å². The van der Waals surface area contributed by atoms with E-state index in [-0.39, 0.29) is 35.8 Å². The lowest BCUT2D eigenvalue weighted by atomic mass is 10.1. The Morgan fingerprint density at radius 1 is 1.44 bits per heavy atom. The molecule has 2 N–H and O–H groups in total. The fourth-order valence-corrected chi connectivity index (χ4v) is 4.17. The number of imide groups is 1. The van der Waals surface area contributed by atoms with Gasteiger partial charge in [-0.3, -0.25) is 19.3 Å². The summed E-state index contributed by atoms with van der Waals surface area (Å²) in [5, 5.41) is 12.2. The number of hydrogen-bond acceptors (Lipinski definition) is 5. The first kappa shape index (κ1) is 19.0. The smallest absolute Gasteiger partial charge is 0.251 e. The number of nitrogens with zero attached hydrogens (tertiary/aromatic N) is 2. The third kappa shape index (κ3) is 3.98. The minimum Gasteiger partial charge on any atom is -0.361 e. The van der Waals surface area contributed by atoms with E-state index in [4.69, 9.17) is 5.26 Å². The molecule has 7 nitrogen and oxygen atoms in total. The highest BCUT2D eigenvalue weighted by molar-refractivity contribution is 8.00. The SMILES string of the molecule is CCN1C(=O)CC(SCCNC(=O)c2ccc3[nH]cc(CC#N)c3c2)C1=O. The Morgan fingerprint density at radius 2 is 2.26 bits per heavy atom. The largest absolute Gasteiger partial charge is 0.361 e. The molecule has 1 aromatic carbocycles. The fourth-order valence-electron chi connectivity index (χ4n) is 3.13. The van der Waals surface area contributed by atoms with Crippen LogP contribution >= 0.6 is 11.8 Å². The molecule has 3 amide bonds. The van der Waals surface area contributed by atoms with E-state index in [2.05, 4.69) is 16.4 Å². The van der Waals surface area contributed by atoms with Crippen molar-refractivity contribution >= 4 is 40.4 Å². The van der Waals surface area contributed by atoms with Gasteiger partial charge in [0.2, 0.25) is 11.8 Å². The number of nitrogens with one attached hydrogen (secondary N) is 2. The number of aromatic nitrogens is 1. The summed E-state index contributed by atoms with van der Waals surface area (Å²) in [6.45, 7) is 2.59. The monoisotopic (exact) mass is 384 g/mol. The van der Waals surface area contributed by atoms with Gasteiger partial charge in [-0.1, -0.05) is 0 Å². The molecule has 1 fully saturated rings. The van der Waals surface area contributed by atoms with Crippen molar-refractivity contribution in [3.63, 3.8) is 0 Å². The van der Waals surface area contributed by atoms with E-state index in [1.54, 1.807) is 25.3 Å². The van der Waals surface area contributed by atoms with E-state index in [1.807, 2.05) is 6.07 Å². The molecule has 1 atom stereocenters. The standard InChI is InChI=1S/C19H20N4O3S/c1-2-23-17(24)10-16(19(23)26)27-8-7-21-18(25)12-3-4-15-14(9-12)13(5-6-20)11-22-15/h3-4,9,11,16,22H,2,5,7-8,10H2,1H3,(H,21,25). The molecule has 140 valence electrons. The molecule has 0 aliphatic carbocycles. The molecule has 1 unspecified atom stereocenters. The maximum Gasteiger partial charge on any atom is 0.251 e. The van der Waals surface area contributed by atoms with Crippen molar-refractivity contribution < 1.29 is 14.4 Å². The van der Waals surface area contributed by atoms with Crippen LogP contribution in [0.4, 0.5) is 0 Å². The number of benzene rings is 1. The van der Waals surface area contributed by atoms with Gasteiger partial charge in [-0.2, -0.15) is 5.26 Å². The Labute approximate surface area is 161 Å². The van der Waals surface area contributed by atoms with Crippen molar-refractivity contribution in [3.05, 3.63) is 35.5 Å². The molecule has 2 heterocycles. The molecule has 1 saturated heterocycles. The number of aromatic amines is 1. The zero-order chi connectivity index (χ0) is 19.4. The topological polar surface area (TPSA) is 106 Å². The van der Waals surface area contributed by atoms with Gasteiger partial charge in [0, 0.05) is 47.9 Å². The average Bonchev–Trinajstić information content (AvgIpc) is 3.18. The van der Waals surface area contributed by atoms with Gasteiger partial charge in [-0.25, -0.2) is 0 Å². The van der Waals surface area contributed by atoms with E-state index >= 15 is 0 Å². The number of carbonyl (C=O) groups is 3. The number of hydrogen-bond donors (Lipinski definition) is 2. The van der Waals surface area contributed by atoms with Gasteiger partial charge in [0.25, 0.3) is 5.91 Å². The Kier molecular flexibility index (Phi) is 5.81. The number of fused-ring (bicyclic) bond motifs is 1. The van der Waals surface area contributed by atoms with Gasteiger partial charge in [0.15, 0.2) is 0 Å². The van der Waals surface area contributed by atoms with Crippen molar-refractivity contribution in [1.82, 2.24) is 15.2 Å². The van der Waals surface area contributed by atoms with Crippen LogP contribution in [-0.4, -0.2) is 51.7 Å². The number of rotatable bonds is 7. The summed E-state index contributed by atoms with van der Waals surface area (Å²) < 4.78 is 0. The zero-order valence-corrected chi connectivity index (χ0v) is 15.8. The molecular formula is C19H20N4O3S. The lowest BCUT2D eigenvalue weighted by Crippen LogP contribution is -2.31. The maximum atomic E-state index is 12.4. The number of amides is 3. The first-order chi connectivity index (χ1) is 13.0. The predicted molar refractivity (Wildman–Crippen MR) is 103 cm³/mol. The molecule has 27 heavy (non-hydrogen) atoms. The van der Waals surface area contributed by atoms with Gasteiger partial charge < -0.3 is 10.3 Å². The highest BCUT2D eigenvalue weighted by Gasteiger charge is 2.37. The van der Waals surface area contributed by atoms with Crippen LogP contribution in [0.5, 0.6) is 0 Å². The van der Waals surface area contributed by atoms with Crippen LogP contribution in [0.3, 0.4) is 0 Å². The second-order valence-electron chi connectivity index (χ2n) is 6.20. The molecule has 8 heteroatoms. The van der Waals surface area contributed by atoms with E-state index < -0.39 is 0 Å². The van der Waals surface area contributed by atoms with Crippen molar-refractivity contribution in [1.29, 1.82) is 5.26 Å². The van der Waals surface area contributed by atoms with E-state index in [9.17, 15) is 14.4 Å². The van der Waals surface area contributed by atoms with Gasteiger partial charge in [0.1, 0.15) is 0 Å². The third-order valence-electron chi connectivity index (χ3n) is 4.52. The maximum absolute atomic E-state index is 12.4. The number of H-pyrrole nitrogens is 1. The summed E-state index contributed by atoms with van der Waals surface area (Å²) in [5.41, 5.74) is 2.27. The second kappa shape index (κ2) is 8.27. The van der Waals surface area contributed by atoms with E-state index in [0.29, 0.717) is 24.4 Å². The predicted octanol–water partition coefficient (Wildman–Crippen LogP) is 1.84. The minimum atomic E-state index is -0.348. The Bertz CT molecular complexity index is 931. The first-order valence-corrected chi connectivity index (χ1v) is 9.81. The highest BCUT2D eigenvalue weighted by Crippen LogP contribution is 2.24. The summed E-state index contributed by atoms with van der Waals surface area (Å²) in [5.74, 6) is 0.0865. The number of likely N-dealkylation sites (tertiary alicyclic amines) is 1. The summed E-state index contributed by atoms with van der Waals surface area (Å²) in [6.07, 6.45) is 2.30. The highest BCUT2D eigenvalue weighted by atomic mass is 32.2. The summed E-state index contributed by atoms with van der Waals surface area (Å²) in [4.78, 5) is 40.5. The average molecular weight is 384 g/mol. The van der Waals surface area contributed by atoms with Crippen LogP contribution in [0, 0.1) is 11.3 Å². The molecule has 0 saturated carbocycles. The molecular weight excluding hydrogens is 364 g/mol. The van der Waals surface area contributed by atoms with Gasteiger partial charge in [-0.05, 0) is 30.7 Å². The van der Waals surface area contributed by atoms with E-state index in [1.165, 1.54) is 16.7 Å². The van der Waals surface area contributed by atoms with E-state index in [0.717, 1.165) is 16.5 Å². The quantitative estimate of drug-likeness (QED) is 0.560. The molecule has 0 radical (unpaired) electrons. The molecule has 0 spiro atoms. The Morgan fingerprint density at radius 3 is 2.96 bits per heavy atom. The molecule has 1 aliphatic rings. The molecule has 1 aromatic heterocycles. The minimum absolute atomic E-state index is 0.128. The van der Waals surface area contributed by atoms with Crippen molar-refractivity contribution in [3.8, 4) is 6.07 Å². The van der Waals surface area contributed by atoms with Gasteiger partial charge >= 0.3 is 0 Å². The molecule has 2 aromatic rings. The van der Waals surface area contributed by atoms with Crippen molar-refractivity contribution in [2.24, 2.45) is 0 Å². The Balaban J connectivity index is 1.53. The van der Waals surface area contributed by atoms with Crippen molar-refractivity contribution in [2.45, 2.75) is 25.0 Å². The summed E-state index contributed by atoms with van der Waals surface area (Å²) >= 11 is 1.40. The lowest BCUT2D eigenvalue weighted by molar-refractivity contribution is -0.137.